The van der Waals surface area contributed by atoms with Gasteiger partial charge in [0, 0.05) is 23.3 Å². The van der Waals surface area contributed by atoms with E-state index in [0.29, 0.717) is 18.4 Å². The average Bonchev–Trinajstić information content (AvgIpc) is 3.37. The summed E-state index contributed by atoms with van der Waals surface area (Å²) in [5, 5.41) is 6.94. The minimum absolute atomic E-state index is 0.0139. The molecule has 9 heteroatoms. The second-order valence-electron chi connectivity index (χ2n) is 12.0. The normalized spacial score (nSPS) is 19.6. The summed E-state index contributed by atoms with van der Waals surface area (Å²) >= 11 is 0. The van der Waals surface area contributed by atoms with E-state index in [1.54, 1.807) is 60.9 Å². The number of rotatable bonds is 6. The number of benzene rings is 2. The molecule has 2 atom stereocenters. The molecule has 214 valence electrons. The van der Waals surface area contributed by atoms with Crippen molar-refractivity contribution in [3.05, 3.63) is 95.9 Å². The topological polar surface area (TPSA) is 110 Å². The first-order valence-corrected chi connectivity index (χ1v) is 15.3. The van der Waals surface area contributed by atoms with E-state index in [4.69, 9.17) is 0 Å². The predicted octanol–water partition coefficient (Wildman–Crippen LogP) is 5.32. The van der Waals surface area contributed by atoms with Crippen molar-refractivity contribution in [3.63, 3.8) is 0 Å². The minimum Gasteiger partial charge on any atom is -0.349 e. The number of carbonyl (C=O) groups is 2. The summed E-state index contributed by atoms with van der Waals surface area (Å²) in [5.41, 5.74) is 1.25. The fraction of sp³-hybridized carbons (Fsp3) is 0.344. The Morgan fingerprint density at radius 3 is 2.46 bits per heavy atom. The van der Waals surface area contributed by atoms with Gasteiger partial charge in [-0.2, -0.15) is 0 Å². The molecule has 2 aromatic heterocycles. The van der Waals surface area contributed by atoms with Crippen LogP contribution in [0.4, 0.5) is 0 Å². The van der Waals surface area contributed by atoms with Crippen molar-refractivity contribution in [3.8, 4) is 0 Å². The van der Waals surface area contributed by atoms with Crippen molar-refractivity contribution in [1.82, 2.24) is 19.6 Å². The number of amides is 2. The number of carbonyl (C=O) groups excluding carboxylic acids is 2. The van der Waals surface area contributed by atoms with Crippen molar-refractivity contribution in [2.45, 2.75) is 75.3 Å². The molecule has 1 aliphatic rings. The van der Waals surface area contributed by atoms with E-state index in [0.717, 1.165) is 29.4 Å². The van der Waals surface area contributed by atoms with E-state index < -0.39 is 21.1 Å². The number of fused-ring (bicyclic) bond motifs is 1. The standard InChI is InChI=1S/C32H36N4O4S/c1-22-10-13-26(14-11-22)41(39,40)36-19-16-24-20-23(12-15-28(24)36)25-8-7-17-32(21-25,30(38)35-31(2,3)4)34-29(37)27-9-5-6-18-33-27/h5-6,9-16,18-20,25H,7-8,17,21H2,1-4H3,(H,34,37)(H,35,38). The van der Waals surface area contributed by atoms with E-state index in [1.807, 2.05) is 45.9 Å². The van der Waals surface area contributed by atoms with Crippen molar-refractivity contribution in [2.24, 2.45) is 0 Å². The summed E-state index contributed by atoms with van der Waals surface area (Å²) in [6.45, 7) is 7.67. The summed E-state index contributed by atoms with van der Waals surface area (Å²) in [6, 6.07) is 19.5. The molecule has 2 amide bonds. The molecule has 2 unspecified atom stereocenters. The second kappa shape index (κ2) is 10.8. The summed E-state index contributed by atoms with van der Waals surface area (Å²) < 4.78 is 28.1. The van der Waals surface area contributed by atoms with Crippen molar-refractivity contribution >= 4 is 32.7 Å². The maximum absolute atomic E-state index is 13.7. The molecular weight excluding hydrogens is 536 g/mol. The summed E-state index contributed by atoms with van der Waals surface area (Å²) in [5.74, 6) is -0.612. The van der Waals surface area contributed by atoms with Crippen LogP contribution >= 0.6 is 0 Å². The summed E-state index contributed by atoms with van der Waals surface area (Å²) in [4.78, 5) is 31.4. The van der Waals surface area contributed by atoms with Gasteiger partial charge in [-0.1, -0.05) is 29.8 Å². The molecule has 1 fully saturated rings. The van der Waals surface area contributed by atoms with Crippen LogP contribution in [-0.2, 0) is 14.8 Å². The molecule has 2 aromatic carbocycles. The van der Waals surface area contributed by atoms with Gasteiger partial charge in [0.2, 0.25) is 5.91 Å². The molecule has 1 saturated carbocycles. The van der Waals surface area contributed by atoms with Crippen LogP contribution in [0, 0.1) is 6.92 Å². The Morgan fingerprint density at radius 2 is 1.78 bits per heavy atom. The number of nitrogens with zero attached hydrogens (tertiary/aromatic N) is 2. The van der Waals surface area contributed by atoms with Crippen LogP contribution in [0.15, 0.2) is 84.0 Å². The smallest absolute Gasteiger partial charge is 0.270 e. The third-order valence-electron chi connectivity index (χ3n) is 7.65. The lowest BCUT2D eigenvalue weighted by atomic mass is 9.72. The number of hydrogen-bond donors (Lipinski definition) is 2. The highest BCUT2D eigenvalue weighted by atomic mass is 32.2. The highest BCUT2D eigenvalue weighted by Gasteiger charge is 2.45. The lowest BCUT2D eigenvalue weighted by Crippen LogP contribution is -2.63. The molecule has 1 aliphatic carbocycles. The third-order valence-corrected chi connectivity index (χ3v) is 9.36. The Kier molecular flexibility index (Phi) is 7.50. The first-order valence-electron chi connectivity index (χ1n) is 13.9. The lowest BCUT2D eigenvalue weighted by molar-refractivity contribution is -0.130. The van der Waals surface area contributed by atoms with E-state index in [1.165, 1.54) is 3.97 Å². The number of pyridine rings is 1. The van der Waals surface area contributed by atoms with Crippen molar-refractivity contribution in [1.29, 1.82) is 0 Å². The van der Waals surface area contributed by atoms with Gasteiger partial charge in [0.05, 0.1) is 10.4 Å². The van der Waals surface area contributed by atoms with Gasteiger partial charge < -0.3 is 10.6 Å². The zero-order chi connectivity index (χ0) is 29.4. The van der Waals surface area contributed by atoms with E-state index >= 15 is 0 Å². The lowest BCUT2D eigenvalue weighted by Gasteiger charge is -2.42. The highest BCUT2D eigenvalue weighted by molar-refractivity contribution is 7.90. The molecule has 4 aromatic rings. The Bertz CT molecular complexity index is 1690. The van der Waals surface area contributed by atoms with Gasteiger partial charge in [-0.15, -0.1) is 0 Å². The van der Waals surface area contributed by atoms with Gasteiger partial charge in [0.25, 0.3) is 15.9 Å². The fourth-order valence-electron chi connectivity index (χ4n) is 5.60. The monoisotopic (exact) mass is 572 g/mol. The summed E-state index contributed by atoms with van der Waals surface area (Å²) in [7, 11) is -3.75. The summed E-state index contributed by atoms with van der Waals surface area (Å²) in [6.07, 6.45) is 5.65. The van der Waals surface area contributed by atoms with Gasteiger partial charge in [-0.25, -0.2) is 12.4 Å². The van der Waals surface area contributed by atoms with Crippen molar-refractivity contribution < 1.29 is 18.0 Å². The second-order valence-corrected chi connectivity index (χ2v) is 13.8. The van der Waals surface area contributed by atoms with Crippen LogP contribution in [0.5, 0.6) is 0 Å². The Labute approximate surface area is 241 Å². The Balaban J connectivity index is 1.46. The van der Waals surface area contributed by atoms with Crippen LogP contribution in [-0.4, -0.2) is 40.3 Å². The van der Waals surface area contributed by atoms with Crippen LogP contribution in [0.25, 0.3) is 10.9 Å². The predicted molar refractivity (Wildman–Crippen MR) is 159 cm³/mol. The highest BCUT2D eigenvalue weighted by Crippen LogP contribution is 2.40. The Hall–Kier alpha value is -3.98. The maximum Gasteiger partial charge on any atom is 0.270 e. The van der Waals surface area contributed by atoms with Gasteiger partial charge in [-0.3, -0.25) is 14.6 Å². The van der Waals surface area contributed by atoms with Gasteiger partial charge in [0.15, 0.2) is 0 Å². The largest absolute Gasteiger partial charge is 0.349 e. The SMILES string of the molecule is Cc1ccc(S(=O)(=O)n2ccc3cc(C4CCCC(NC(=O)c5ccccn5)(C(=O)NC(C)(C)C)C4)ccc32)cc1. The quantitative estimate of drug-likeness (QED) is 0.325. The van der Waals surface area contributed by atoms with E-state index in [9.17, 15) is 18.0 Å². The van der Waals surface area contributed by atoms with Gasteiger partial charge in [-0.05, 0) is 107 Å². The molecule has 0 bridgehead atoms. The average molecular weight is 573 g/mol. The van der Waals surface area contributed by atoms with E-state index in [2.05, 4.69) is 15.6 Å². The Morgan fingerprint density at radius 1 is 1.02 bits per heavy atom. The molecule has 5 rings (SSSR count). The number of aryl methyl sites for hydroxylation is 1. The molecule has 41 heavy (non-hydrogen) atoms. The van der Waals surface area contributed by atoms with Crippen molar-refractivity contribution in [2.75, 3.05) is 0 Å². The van der Waals surface area contributed by atoms with Crippen LogP contribution in [0.3, 0.4) is 0 Å². The molecule has 0 aliphatic heterocycles. The number of nitrogens with one attached hydrogen (secondary N) is 2. The zero-order valence-electron chi connectivity index (χ0n) is 23.8. The fourth-order valence-corrected chi connectivity index (χ4v) is 6.95. The number of aromatic nitrogens is 2. The third kappa shape index (κ3) is 5.91. The molecule has 8 nitrogen and oxygen atoms in total. The van der Waals surface area contributed by atoms with Crippen LogP contribution < -0.4 is 10.6 Å². The maximum atomic E-state index is 13.7. The molecule has 0 saturated heterocycles. The van der Waals surface area contributed by atoms with Crippen LogP contribution in [0.2, 0.25) is 0 Å². The van der Waals surface area contributed by atoms with Crippen LogP contribution in [0.1, 0.15) is 74.0 Å². The molecule has 2 N–H and O–H groups in total. The first-order chi connectivity index (χ1) is 19.4. The molecule has 2 heterocycles. The molecular formula is C32H36N4O4S. The molecule has 0 radical (unpaired) electrons. The first kappa shape index (κ1) is 28.5. The van der Waals surface area contributed by atoms with Gasteiger partial charge in [0.1, 0.15) is 11.2 Å². The number of hydrogen-bond acceptors (Lipinski definition) is 5. The minimum atomic E-state index is -3.75. The van der Waals surface area contributed by atoms with Gasteiger partial charge >= 0.3 is 0 Å². The zero-order valence-corrected chi connectivity index (χ0v) is 24.7. The van der Waals surface area contributed by atoms with E-state index in [-0.39, 0.29) is 28.3 Å². The molecule has 0 spiro atoms.